The van der Waals surface area contributed by atoms with Crippen molar-refractivity contribution in [3.63, 3.8) is 0 Å². The number of nitrogens with zero attached hydrogens (tertiary/aromatic N) is 1. The molecule has 216 valence electrons. The summed E-state index contributed by atoms with van der Waals surface area (Å²) < 4.78 is 7.17. The molecule has 2 aromatic carbocycles. The van der Waals surface area contributed by atoms with Gasteiger partial charge < -0.3 is 14.7 Å². The number of hydrogen-bond donors (Lipinski definition) is 1. The van der Waals surface area contributed by atoms with E-state index in [2.05, 4.69) is 43.6 Å². The van der Waals surface area contributed by atoms with Gasteiger partial charge in [0.05, 0.1) is 6.42 Å². The summed E-state index contributed by atoms with van der Waals surface area (Å²) in [6.07, 6.45) is 1.83. The summed E-state index contributed by atoms with van der Waals surface area (Å²) in [7, 11) is 0. The molecule has 0 spiro atoms. The monoisotopic (exact) mass is 639 g/mol. The number of ketones is 2. The summed E-state index contributed by atoms with van der Waals surface area (Å²) in [6, 6.07) is 13.2. The minimum atomic E-state index is -0.915. The highest BCUT2D eigenvalue weighted by molar-refractivity contribution is 9.10. The highest BCUT2D eigenvalue weighted by Gasteiger charge is 2.49. The Morgan fingerprint density at radius 2 is 1.56 bits per heavy atom. The Labute approximate surface area is 254 Å². The van der Waals surface area contributed by atoms with Gasteiger partial charge in [0.15, 0.2) is 11.6 Å². The van der Waals surface area contributed by atoms with Crippen molar-refractivity contribution in [1.29, 1.82) is 0 Å². The van der Waals surface area contributed by atoms with Crippen LogP contribution in [0.25, 0.3) is 0 Å². The van der Waals surface area contributed by atoms with Gasteiger partial charge in [0.1, 0.15) is 12.4 Å². The van der Waals surface area contributed by atoms with E-state index >= 15 is 0 Å². The topological polar surface area (TPSA) is 83.9 Å². The number of aliphatic carboxylic acids is 1. The number of allylic oxidation sites excluding steroid dienone is 4. The molecular formula is C33H35BrClNO5. The zero-order chi connectivity index (χ0) is 29.7. The predicted octanol–water partition coefficient (Wildman–Crippen LogP) is 7.84. The Bertz CT molecular complexity index is 1450. The number of benzene rings is 2. The first kappa shape index (κ1) is 29.6. The zero-order valence-corrected chi connectivity index (χ0v) is 26.2. The molecule has 0 atom stereocenters. The molecule has 0 amide bonds. The van der Waals surface area contributed by atoms with Crippen LogP contribution in [-0.2, 0) is 21.0 Å². The summed E-state index contributed by atoms with van der Waals surface area (Å²) in [5.74, 6) is -0.967. The number of Topliss-reactive ketones (excluding diaryl/α,β-unsaturated/α-hetero) is 2. The highest BCUT2D eigenvalue weighted by atomic mass is 79.9. The lowest BCUT2D eigenvalue weighted by molar-refractivity contribution is -0.137. The molecule has 1 aliphatic heterocycles. The van der Waals surface area contributed by atoms with Crippen molar-refractivity contribution in [3.05, 3.63) is 85.6 Å². The van der Waals surface area contributed by atoms with Crippen LogP contribution in [0.3, 0.4) is 0 Å². The molecule has 2 aromatic rings. The lowest BCUT2D eigenvalue weighted by Gasteiger charge is -2.49. The quantitative estimate of drug-likeness (QED) is 0.332. The number of carbonyl (C=O) groups is 3. The first-order chi connectivity index (χ1) is 19.3. The molecule has 0 saturated carbocycles. The van der Waals surface area contributed by atoms with E-state index in [1.807, 2.05) is 47.4 Å². The fourth-order valence-electron chi connectivity index (χ4n) is 6.48. The van der Waals surface area contributed by atoms with Crippen molar-refractivity contribution in [1.82, 2.24) is 4.90 Å². The summed E-state index contributed by atoms with van der Waals surface area (Å²) in [5.41, 5.74) is 3.81. The van der Waals surface area contributed by atoms with Gasteiger partial charge in [-0.3, -0.25) is 14.4 Å². The number of ether oxygens (including phenoxy) is 1. The summed E-state index contributed by atoms with van der Waals surface area (Å²) in [6.45, 7) is 8.70. The van der Waals surface area contributed by atoms with Crippen LogP contribution in [0, 0.1) is 10.8 Å². The third-order valence-corrected chi connectivity index (χ3v) is 9.06. The average Bonchev–Trinajstić information content (AvgIpc) is 2.85. The Hall–Kier alpha value is -2.90. The summed E-state index contributed by atoms with van der Waals surface area (Å²) in [4.78, 5) is 41.8. The number of hydrogen-bond acceptors (Lipinski definition) is 5. The molecule has 0 radical (unpaired) electrons. The standard InChI is InChI=1S/C33H35BrClNO5/c1-32(2)14-23-30(25(37)16-32)29(31-24(36(23)12-11-28(39)40)15-33(3,4)17-26(31)38)21-13-20(34)9-10-27(21)41-18-19-7-5-6-8-22(19)35/h5-10,13,29H,11-12,14-18H2,1-4H3,(H,39,40). The van der Waals surface area contributed by atoms with Crippen LogP contribution >= 0.6 is 27.5 Å². The number of carboxylic acids is 1. The van der Waals surface area contributed by atoms with Crippen LogP contribution in [0.4, 0.5) is 0 Å². The molecule has 3 aliphatic rings. The zero-order valence-electron chi connectivity index (χ0n) is 23.9. The summed E-state index contributed by atoms with van der Waals surface area (Å²) >= 11 is 10.0. The Balaban J connectivity index is 1.71. The first-order valence-electron chi connectivity index (χ1n) is 13.9. The van der Waals surface area contributed by atoms with Crippen LogP contribution in [-0.4, -0.2) is 34.1 Å². The van der Waals surface area contributed by atoms with E-state index in [1.54, 1.807) is 0 Å². The van der Waals surface area contributed by atoms with E-state index in [0.29, 0.717) is 47.6 Å². The molecule has 0 fully saturated rings. The molecule has 5 rings (SSSR count). The maximum absolute atomic E-state index is 14.0. The molecule has 41 heavy (non-hydrogen) atoms. The molecule has 2 aliphatic carbocycles. The molecule has 0 unspecified atom stereocenters. The smallest absolute Gasteiger partial charge is 0.305 e. The lowest BCUT2D eigenvalue weighted by atomic mass is 9.63. The van der Waals surface area contributed by atoms with Gasteiger partial charge in [-0.25, -0.2) is 0 Å². The largest absolute Gasteiger partial charge is 0.489 e. The van der Waals surface area contributed by atoms with Crippen molar-refractivity contribution in [2.24, 2.45) is 10.8 Å². The van der Waals surface area contributed by atoms with Crippen LogP contribution in [0.15, 0.2) is 69.5 Å². The number of carbonyl (C=O) groups excluding carboxylic acids is 2. The third kappa shape index (κ3) is 6.02. The third-order valence-electron chi connectivity index (χ3n) is 8.19. The minimum Gasteiger partial charge on any atom is -0.489 e. The van der Waals surface area contributed by atoms with Crippen LogP contribution < -0.4 is 4.74 Å². The van der Waals surface area contributed by atoms with Gasteiger partial charge in [0.2, 0.25) is 0 Å². The van der Waals surface area contributed by atoms with Crippen LogP contribution in [0.5, 0.6) is 5.75 Å². The predicted molar refractivity (Wildman–Crippen MR) is 162 cm³/mol. The number of halogens is 2. The Morgan fingerprint density at radius 3 is 2.12 bits per heavy atom. The second-order valence-electron chi connectivity index (χ2n) is 12.9. The Kier molecular flexibility index (Phi) is 7.99. The van der Waals surface area contributed by atoms with Crippen molar-refractivity contribution in [2.45, 2.75) is 72.3 Å². The fourth-order valence-corrected chi connectivity index (χ4v) is 7.05. The summed E-state index contributed by atoms with van der Waals surface area (Å²) in [5, 5.41) is 10.2. The molecule has 6 nitrogen and oxygen atoms in total. The van der Waals surface area contributed by atoms with E-state index < -0.39 is 11.9 Å². The van der Waals surface area contributed by atoms with E-state index in [0.717, 1.165) is 27.0 Å². The fraction of sp³-hybridized carbons (Fsp3) is 0.424. The van der Waals surface area contributed by atoms with Crippen molar-refractivity contribution >= 4 is 45.1 Å². The van der Waals surface area contributed by atoms with Gasteiger partial charge in [-0.15, -0.1) is 0 Å². The average molecular weight is 641 g/mol. The number of carboxylic acid groups (broad SMARTS) is 1. The van der Waals surface area contributed by atoms with Gasteiger partial charge in [-0.2, -0.15) is 0 Å². The number of rotatable bonds is 7. The molecule has 0 saturated heterocycles. The van der Waals surface area contributed by atoms with Gasteiger partial charge in [0.25, 0.3) is 0 Å². The van der Waals surface area contributed by atoms with E-state index in [-0.39, 0.29) is 42.0 Å². The van der Waals surface area contributed by atoms with Crippen molar-refractivity contribution < 1.29 is 24.2 Å². The second-order valence-corrected chi connectivity index (χ2v) is 14.2. The molecule has 0 aromatic heterocycles. The van der Waals surface area contributed by atoms with Gasteiger partial charge in [-0.05, 0) is 47.9 Å². The molecule has 0 bridgehead atoms. The van der Waals surface area contributed by atoms with Crippen molar-refractivity contribution in [2.75, 3.05) is 6.54 Å². The minimum absolute atomic E-state index is 0.0113. The van der Waals surface area contributed by atoms with Gasteiger partial charge in [0, 0.05) is 68.5 Å². The maximum atomic E-state index is 14.0. The first-order valence-corrected chi connectivity index (χ1v) is 15.1. The highest BCUT2D eigenvalue weighted by Crippen LogP contribution is 2.55. The van der Waals surface area contributed by atoms with E-state index in [4.69, 9.17) is 16.3 Å². The van der Waals surface area contributed by atoms with E-state index in [9.17, 15) is 19.5 Å². The molecular weight excluding hydrogens is 606 g/mol. The van der Waals surface area contributed by atoms with Gasteiger partial charge in [-0.1, -0.05) is 73.4 Å². The lowest BCUT2D eigenvalue weighted by Crippen LogP contribution is -2.45. The van der Waals surface area contributed by atoms with Crippen molar-refractivity contribution in [3.8, 4) is 5.75 Å². The SMILES string of the molecule is CC1(C)CC(=O)C2=C(C1)N(CCC(=O)O)C1=C(C(=O)CC(C)(C)C1)C2c1cc(Br)ccc1OCc1ccccc1Cl. The van der Waals surface area contributed by atoms with E-state index in [1.165, 1.54) is 0 Å². The van der Waals surface area contributed by atoms with Gasteiger partial charge >= 0.3 is 5.97 Å². The normalized spacial score (nSPS) is 20.2. The molecule has 8 heteroatoms. The maximum Gasteiger partial charge on any atom is 0.305 e. The van der Waals surface area contributed by atoms with Crippen LogP contribution in [0.1, 0.15) is 76.8 Å². The Morgan fingerprint density at radius 1 is 0.976 bits per heavy atom. The van der Waals surface area contributed by atoms with Crippen LogP contribution in [0.2, 0.25) is 5.02 Å². The molecule has 1 heterocycles. The molecule has 1 N–H and O–H groups in total. The second kappa shape index (κ2) is 11.1.